The maximum atomic E-state index is 14.3. The molecule has 2 aromatic carbocycles. The Morgan fingerprint density at radius 1 is 0.738 bits per heavy atom. The Morgan fingerprint density at radius 2 is 1.16 bits per heavy atom. The van der Waals surface area contributed by atoms with Crippen molar-refractivity contribution < 1.29 is 33.7 Å². The number of aliphatic hydroxyl groups excluding tert-OH is 2. The lowest BCUT2D eigenvalue weighted by Gasteiger charge is -2.14. The predicted molar refractivity (Wildman–Crippen MR) is 234 cm³/mol. The van der Waals surface area contributed by atoms with Crippen LogP contribution in [0, 0.1) is 11.6 Å². The molecule has 1 amide bonds. The number of hydrogen-bond donors (Lipinski definition) is 9. The minimum atomic E-state index is -1.13. The van der Waals surface area contributed by atoms with Gasteiger partial charge in [0.1, 0.15) is 34.4 Å². The second-order valence-corrected chi connectivity index (χ2v) is 14.4. The van der Waals surface area contributed by atoms with E-state index in [9.17, 15) is 28.6 Å². The number of rotatable bonds is 13. The van der Waals surface area contributed by atoms with Crippen molar-refractivity contribution in [2.24, 2.45) is 5.73 Å². The summed E-state index contributed by atoms with van der Waals surface area (Å²) < 4.78 is 28.5. The van der Waals surface area contributed by atoms with Gasteiger partial charge < -0.3 is 37.0 Å². The highest BCUT2D eigenvalue weighted by Crippen LogP contribution is 2.34. The lowest BCUT2D eigenvalue weighted by Crippen LogP contribution is -2.30. The number of allylic oxidation sites excluding steroid dienone is 2. The van der Waals surface area contributed by atoms with Crippen molar-refractivity contribution in [2.75, 3.05) is 23.7 Å². The molecule has 0 bridgehead atoms. The van der Waals surface area contributed by atoms with Crippen LogP contribution in [0.1, 0.15) is 59.5 Å². The summed E-state index contributed by atoms with van der Waals surface area (Å²) in [5, 5.41) is 49.3. The molecule has 0 saturated heterocycles. The fraction of sp³-hybridized carbons (Fsp3) is 0.190. The first kappa shape index (κ1) is 47.2. The number of pyridine rings is 2. The first-order valence-electron chi connectivity index (χ1n) is 18.3. The number of aromatic nitrogens is 6. The van der Waals surface area contributed by atoms with E-state index in [-0.39, 0.29) is 40.7 Å². The maximum Gasteiger partial charge on any atom is 0.341 e. The first-order chi connectivity index (χ1) is 28.9. The van der Waals surface area contributed by atoms with E-state index in [1.807, 2.05) is 6.92 Å². The van der Waals surface area contributed by atoms with Crippen LogP contribution < -0.4 is 21.7 Å². The number of H-pyrrole nitrogens is 2. The van der Waals surface area contributed by atoms with Crippen molar-refractivity contribution in [3.8, 4) is 22.5 Å². The molecule has 2 atom stereocenters. The van der Waals surface area contributed by atoms with Crippen molar-refractivity contribution in [3.05, 3.63) is 130 Å². The molecule has 0 aliphatic rings. The quantitative estimate of drug-likeness (QED) is 0.0533. The molecule has 0 aliphatic carbocycles. The molecular formula is C42H44Cl2F2N10O5. The molecule has 0 unspecified atom stereocenters. The maximum absolute atomic E-state index is 14.3. The molecule has 0 fully saturated rings. The number of aromatic amines is 2. The molecule has 61 heavy (non-hydrogen) atoms. The van der Waals surface area contributed by atoms with Crippen molar-refractivity contribution in [1.29, 1.82) is 0 Å². The fourth-order valence-corrected chi connectivity index (χ4v) is 5.53. The van der Waals surface area contributed by atoms with Crippen LogP contribution in [-0.4, -0.2) is 82.9 Å². The van der Waals surface area contributed by atoms with Crippen molar-refractivity contribution in [3.63, 3.8) is 0 Å². The number of hydrogen-bond acceptors (Lipinski definition) is 11. The predicted octanol–water partition coefficient (Wildman–Crippen LogP) is 8.22. The largest absolute Gasteiger partial charge is 0.477 e. The van der Waals surface area contributed by atoms with E-state index >= 15 is 0 Å². The average molecular weight is 878 g/mol. The van der Waals surface area contributed by atoms with Crippen molar-refractivity contribution in [1.82, 2.24) is 35.7 Å². The van der Waals surface area contributed by atoms with E-state index in [0.29, 0.717) is 61.9 Å². The van der Waals surface area contributed by atoms with Gasteiger partial charge in [-0.05, 0) is 87.4 Å². The lowest BCUT2D eigenvalue weighted by atomic mass is 10.0. The number of benzene rings is 2. The van der Waals surface area contributed by atoms with Crippen molar-refractivity contribution in [2.45, 2.75) is 39.9 Å². The van der Waals surface area contributed by atoms with E-state index in [0.717, 1.165) is 5.57 Å². The summed E-state index contributed by atoms with van der Waals surface area (Å²) in [6.07, 6.45) is 4.67. The smallest absolute Gasteiger partial charge is 0.341 e. The zero-order valence-electron chi connectivity index (χ0n) is 33.4. The highest BCUT2D eigenvalue weighted by atomic mass is 35.5. The number of aliphatic hydroxyl groups is 2. The Hall–Kier alpha value is -6.50. The molecule has 4 heterocycles. The number of anilines is 4. The molecular weight excluding hydrogens is 833 g/mol. The molecule has 320 valence electrons. The van der Waals surface area contributed by atoms with E-state index < -0.39 is 29.6 Å². The third kappa shape index (κ3) is 13.0. The van der Waals surface area contributed by atoms with Crippen LogP contribution in [0.25, 0.3) is 33.7 Å². The van der Waals surface area contributed by atoms with Gasteiger partial charge in [0.15, 0.2) is 0 Å². The monoisotopic (exact) mass is 876 g/mol. The standard InChI is InChI=1S/C21H21ClFN5O2.C18H14ClFN4O2.C3H9NO/c1-11(2)15-9-24-18(14-6-13(22)4-5-17(14)23)7-19(15)27-20-16(10-26-28-20)21(30)25-8-12(3)29;1-9(2)12-7-21-15(11-5-10(19)3-4-14(11)20)6-16(12)23-17-13(18(25)26)8-22-24-17;1-3(5)2-4/h4-7,9-10,12,29H,1,8H2,2-3H3,(H,25,30)(H2,24,26,27,28);3-8H,1H2,2H3,(H,25,26)(H2,21,22,23,24);3,5H,2,4H2,1H3/t12-;;3-/m0.0/s1. The third-order valence-electron chi connectivity index (χ3n) is 8.31. The zero-order valence-corrected chi connectivity index (χ0v) is 35.0. The average Bonchev–Trinajstić information content (AvgIpc) is 3.89. The van der Waals surface area contributed by atoms with Crippen LogP contribution in [0.15, 0.2) is 86.5 Å². The summed E-state index contributed by atoms with van der Waals surface area (Å²) in [4.78, 5) is 32.3. The number of carbonyl (C=O) groups excluding carboxylic acids is 1. The minimum Gasteiger partial charge on any atom is -0.477 e. The Labute approximate surface area is 359 Å². The second kappa shape index (κ2) is 21.7. The summed E-state index contributed by atoms with van der Waals surface area (Å²) >= 11 is 12.0. The number of aromatic carboxylic acids is 1. The fourth-order valence-electron chi connectivity index (χ4n) is 5.18. The highest BCUT2D eigenvalue weighted by molar-refractivity contribution is 6.31. The van der Waals surface area contributed by atoms with E-state index in [1.165, 1.54) is 55.0 Å². The molecule has 0 saturated carbocycles. The van der Waals surface area contributed by atoms with Crippen LogP contribution >= 0.6 is 23.2 Å². The first-order valence-corrected chi connectivity index (χ1v) is 19.1. The van der Waals surface area contributed by atoms with Gasteiger partial charge in [0, 0.05) is 57.8 Å². The number of nitrogens with one attached hydrogen (secondary N) is 5. The minimum absolute atomic E-state index is 0.0232. The lowest BCUT2D eigenvalue weighted by molar-refractivity contribution is 0.0697. The van der Waals surface area contributed by atoms with Crippen LogP contribution in [0.2, 0.25) is 10.0 Å². The third-order valence-corrected chi connectivity index (χ3v) is 8.78. The Morgan fingerprint density at radius 3 is 1.56 bits per heavy atom. The van der Waals surface area contributed by atoms with Crippen molar-refractivity contribution >= 4 is 69.2 Å². The molecule has 10 N–H and O–H groups in total. The van der Waals surface area contributed by atoms with Gasteiger partial charge in [0.25, 0.3) is 5.91 Å². The number of nitrogens with two attached hydrogens (primary N) is 1. The Kier molecular flexibility index (Phi) is 16.8. The molecule has 0 radical (unpaired) electrons. The van der Waals surface area contributed by atoms with E-state index in [4.69, 9.17) is 34.0 Å². The normalized spacial score (nSPS) is 11.5. The number of carboxylic acids is 1. The van der Waals surface area contributed by atoms with Gasteiger partial charge in [-0.3, -0.25) is 25.0 Å². The molecule has 6 rings (SSSR count). The Bertz CT molecular complexity index is 2530. The topological polar surface area (TPSA) is 240 Å². The van der Waals surface area contributed by atoms with E-state index in [2.05, 4.69) is 59.5 Å². The van der Waals surface area contributed by atoms with Gasteiger partial charge in [0.2, 0.25) is 0 Å². The highest BCUT2D eigenvalue weighted by Gasteiger charge is 2.19. The van der Waals surface area contributed by atoms with Gasteiger partial charge in [0.05, 0.1) is 47.4 Å². The second-order valence-electron chi connectivity index (χ2n) is 13.6. The van der Waals surface area contributed by atoms with Gasteiger partial charge in [-0.1, -0.05) is 36.4 Å². The molecule has 0 aliphatic heterocycles. The van der Waals surface area contributed by atoms with Gasteiger partial charge in [-0.25, -0.2) is 13.6 Å². The van der Waals surface area contributed by atoms with Gasteiger partial charge >= 0.3 is 5.97 Å². The number of amides is 1. The summed E-state index contributed by atoms with van der Waals surface area (Å²) in [6, 6.07) is 11.7. The SMILES string of the molecule is C=C(C)c1cnc(-c2cc(Cl)ccc2F)cc1Nc1[nH]ncc1C(=O)NC[C@H](C)O.C=C(C)c1cnc(-c2cc(Cl)ccc2F)cc1Nc1[nH]ncc1C(=O)O.C[C@H](O)CN. The number of nitrogens with zero attached hydrogens (tertiary/aromatic N) is 4. The summed E-state index contributed by atoms with van der Waals surface area (Å²) in [6.45, 7) is 15.1. The molecule has 0 spiro atoms. The summed E-state index contributed by atoms with van der Waals surface area (Å²) in [5.41, 5.74) is 10.2. The number of carbonyl (C=O) groups is 2. The molecule has 4 aromatic heterocycles. The number of carboxylic acid groups (broad SMARTS) is 1. The van der Waals surface area contributed by atoms with Crippen LogP contribution in [0.5, 0.6) is 0 Å². The molecule has 15 nitrogen and oxygen atoms in total. The Balaban J connectivity index is 0.000000244. The molecule has 6 aromatic rings. The summed E-state index contributed by atoms with van der Waals surface area (Å²) in [7, 11) is 0. The van der Waals surface area contributed by atoms with Crippen LogP contribution in [0.3, 0.4) is 0 Å². The van der Waals surface area contributed by atoms with Gasteiger partial charge in [-0.15, -0.1) is 0 Å². The summed E-state index contributed by atoms with van der Waals surface area (Å²) in [5.74, 6) is -1.93. The van der Waals surface area contributed by atoms with Crippen LogP contribution in [0.4, 0.5) is 31.8 Å². The zero-order chi connectivity index (χ0) is 45.0. The number of halogens is 4. The molecule has 19 heteroatoms. The van der Waals surface area contributed by atoms with E-state index in [1.54, 1.807) is 39.1 Å². The van der Waals surface area contributed by atoms with Gasteiger partial charge in [-0.2, -0.15) is 10.2 Å². The van der Waals surface area contributed by atoms with Crippen LogP contribution in [-0.2, 0) is 0 Å².